The average Bonchev–Trinajstić information content (AvgIpc) is 2.82. The van der Waals surface area contributed by atoms with E-state index in [4.69, 9.17) is 10.2 Å². The molecule has 1 aromatic carbocycles. The summed E-state index contributed by atoms with van der Waals surface area (Å²) < 4.78 is 5.41. The van der Waals surface area contributed by atoms with E-state index in [-0.39, 0.29) is 11.9 Å². The minimum Gasteiger partial charge on any atom is -0.463 e. The van der Waals surface area contributed by atoms with Gasteiger partial charge in [0.05, 0.1) is 5.56 Å². The molecular weight excluding hydrogens is 228 g/mol. The number of fused-ring (bicyclic) bond motifs is 1. The van der Waals surface area contributed by atoms with Gasteiger partial charge in [0.25, 0.3) is 5.91 Å². The molecule has 0 aliphatic carbocycles. The second kappa shape index (κ2) is 4.46. The maximum Gasteiger partial charge on any atom is 0.257 e. The van der Waals surface area contributed by atoms with Gasteiger partial charge in [0.1, 0.15) is 11.8 Å². The number of furan rings is 1. The van der Waals surface area contributed by atoms with Crippen molar-refractivity contribution in [1.29, 1.82) is 0 Å². The molecule has 2 heterocycles. The first-order valence-electron chi connectivity index (χ1n) is 6.27. The summed E-state index contributed by atoms with van der Waals surface area (Å²) in [6, 6.07) is 7.69. The molecule has 1 saturated heterocycles. The summed E-state index contributed by atoms with van der Waals surface area (Å²) in [5, 5.41) is 0.877. The van der Waals surface area contributed by atoms with E-state index in [1.807, 2.05) is 29.2 Å². The topological polar surface area (TPSA) is 59.5 Å². The maximum absolute atomic E-state index is 12.4. The predicted molar refractivity (Wildman–Crippen MR) is 69.3 cm³/mol. The molecule has 1 aliphatic heterocycles. The zero-order valence-electron chi connectivity index (χ0n) is 10.1. The van der Waals surface area contributed by atoms with Crippen LogP contribution in [0, 0.1) is 0 Å². The van der Waals surface area contributed by atoms with Crippen molar-refractivity contribution in [2.75, 3.05) is 13.1 Å². The number of carbonyl (C=O) groups is 1. The molecule has 1 aliphatic rings. The van der Waals surface area contributed by atoms with Gasteiger partial charge in [-0.2, -0.15) is 0 Å². The lowest BCUT2D eigenvalue weighted by Gasteiger charge is -2.30. The van der Waals surface area contributed by atoms with E-state index in [0.29, 0.717) is 12.1 Å². The first-order chi connectivity index (χ1) is 8.75. The minimum absolute atomic E-state index is 0.0232. The first-order valence-corrected chi connectivity index (χ1v) is 6.27. The lowest BCUT2D eigenvalue weighted by Crippen LogP contribution is -2.45. The Labute approximate surface area is 105 Å². The van der Waals surface area contributed by atoms with Gasteiger partial charge in [-0.25, -0.2) is 0 Å². The highest BCUT2D eigenvalue weighted by molar-refractivity contribution is 6.05. The zero-order valence-corrected chi connectivity index (χ0v) is 10.1. The number of rotatable bonds is 1. The second-order valence-electron chi connectivity index (χ2n) is 4.80. The number of hydrogen-bond acceptors (Lipinski definition) is 3. The van der Waals surface area contributed by atoms with Crippen molar-refractivity contribution in [1.82, 2.24) is 4.90 Å². The molecule has 2 aromatic rings. The highest BCUT2D eigenvalue weighted by Gasteiger charge is 2.24. The molecule has 0 spiro atoms. The van der Waals surface area contributed by atoms with Crippen molar-refractivity contribution in [2.24, 2.45) is 5.73 Å². The SMILES string of the molecule is NC1CCCN(C(=O)c2coc3ccccc23)C1. The number of para-hydroxylation sites is 1. The van der Waals surface area contributed by atoms with Gasteiger partial charge in [0.15, 0.2) is 0 Å². The van der Waals surface area contributed by atoms with Crippen molar-refractivity contribution in [3.63, 3.8) is 0 Å². The molecule has 0 saturated carbocycles. The van der Waals surface area contributed by atoms with Crippen LogP contribution in [0.2, 0.25) is 0 Å². The van der Waals surface area contributed by atoms with E-state index in [0.717, 1.165) is 30.4 Å². The first kappa shape index (κ1) is 11.3. The summed E-state index contributed by atoms with van der Waals surface area (Å²) in [5.74, 6) is 0.0232. The summed E-state index contributed by atoms with van der Waals surface area (Å²) in [4.78, 5) is 14.3. The summed E-state index contributed by atoms with van der Waals surface area (Å²) in [6.45, 7) is 1.42. The molecule has 4 nitrogen and oxygen atoms in total. The van der Waals surface area contributed by atoms with Gasteiger partial charge >= 0.3 is 0 Å². The second-order valence-corrected chi connectivity index (χ2v) is 4.80. The number of nitrogens with two attached hydrogens (primary N) is 1. The van der Waals surface area contributed by atoms with Crippen LogP contribution in [0.4, 0.5) is 0 Å². The van der Waals surface area contributed by atoms with Crippen molar-refractivity contribution in [3.8, 4) is 0 Å². The molecule has 0 bridgehead atoms. The van der Waals surface area contributed by atoms with Crippen LogP contribution in [0.25, 0.3) is 11.0 Å². The monoisotopic (exact) mass is 244 g/mol. The summed E-state index contributed by atoms with van der Waals surface area (Å²) >= 11 is 0. The largest absolute Gasteiger partial charge is 0.463 e. The van der Waals surface area contributed by atoms with E-state index in [9.17, 15) is 4.79 Å². The Morgan fingerprint density at radius 3 is 3.06 bits per heavy atom. The summed E-state index contributed by atoms with van der Waals surface area (Å²) in [7, 11) is 0. The third-order valence-corrected chi connectivity index (χ3v) is 3.46. The van der Waals surface area contributed by atoms with Crippen molar-refractivity contribution < 1.29 is 9.21 Å². The Bertz CT molecular complexity index is 576. The van der Waals surface area contributed by atoms with Crippen LogP contribution in [-0.2, 0) is 0 Å². The van der Waals surface area contributed by atoms with Gasteiger partial charge in [-0.05, 0) is 18.9 Å². The third kappa shape index (κ3) is 1.88. The number of hydrogen-bond donors (Lipinski definition) is 1. The van der Waals surface area contributed by atoms with Crippen LogP contribution in [0.15, 0.2) is 34.9 Å². The molecule has 3 rings (SSSR count). The van der Waals surface area contributed by atoms with Crippen LogP contribution >= 0.6 is 0 Å². The molecule has 1 aromatic heterocycles. The molecule has 4 heteroatoms. The Hall–Kier alpha value is -1.81. The van der Waals surface area contributed by atoms with Crippen LogP contribution < -0.4 is 5.73 Å². The third-order valence-electron chi connectivity index (χ3n) is 3.46. The molecule has 1 unspecified atom stereocenters. The average molecular weight is 244 g/mol. The zero-order chi connectivity index (χ0) is 12.5. The van der Waals surface area contributed by atoms with Crippen LogP contribution in [0.3, 0.4) is 0 Å². The smallest absolute Gasteiger partial charge is 0.257 e. The molecule has 1 atom stereocenters. The molecular formula is C14H16N2O2. The van der Waals surface area contributed by atoms with Gasteiger partial charge in [-0.1, -0.05) is 18.2 Å². The number of amides is 1. The van der Waals surface area contributed by atoms with E-state index < -0.39 is 0 Å². The van der Waals surface area contributed by atoms with Gasteiger partial charge in [-0.15, -0.1) is 0 Å². The fourth-order valence-electron chi connectivity index (χ4n) is 2.51. The van der Waals surface area contributed by atoms with Crippen molar-refractivity contribution in [3.05, 3.63) is 36.1 Å². The normalized spacial score (nSPS) is 20.3. The highest BCUT2D eigenvalue weighted by atomic mass is 16.3. The van der Waals surface area contributed by atoms with Crippen molar-refractivity contribution in [2.45, 2.75) is 18.9 Å². The lowest BCUT2D eigenvalue weighted by molar-refractivity contribution is 0.0710. The van der Waals surface area contributed by atoms with Gasteiger partial charge < -0.3 is 15.1 Å². The molecule has 1 fully saturated rings. The lowest BCUT2D eigenvalue weighted by atomic mass is 10.1. The Balaban J connectivity index is 1.92. The molecule has 1 amide bonds. The highest BCUT2D eigenvalue weighted by Crippen LogP contribution is 2.23. The standard InChI is InChI=1S/C14H16N2O2/c15-10-4-3-7-16(8-10)14(17)12-9-18-13-6-2-1-5-11(12)13/h1-2,5-6,9-10H,3-4,7-8,15H2. The van der Waals surface area contributed by atoms with Crippen LogP contribution in [0.5, 0.6) is 0 Å². The van der Waals surface area contributed by atoms with Crippen LogP contribution in [0.1, 0.15) is 23.2 Å². The van der Waals surface area contributed by atoms with E-state index in [2.05, 4.69) is 0 Å². The van der Waals surface area contributed by atoms with Gasteiger partial charge in [-0.3, -0.25) is 4.79 Å². The Morgan fingerprint density at radius 1 is 1.39 bits per heavy atom. The quantitative estimate of drug-likeness (QED) is 0.834. The number of nitrogens with zero attached hydrogens (tertiary/aromatic N) is 1. The fraction of sp³-hybridized carbons (Fsp3) is 0.357. The Kier molecular flexibility index (Phi) is 2.80. The maximum atomic E-state index is 12.4. The number of carbonyl (C=O) groups excluding carboxylic acids is 1. The summed E-state index contributed by atoms with van der Waals surface area (Å²) in [5.41, 5.74) is 7.30. The number of benzene rings is 1. The van der Waals surface area contributed by atoms with Crippen LogP contribution in [-0.4, -0.2) is 29.9 Å². The Morgan fingerprint density at radius 2 is 2.22 bits per heavy atom. The number of piperidine rings is 1. The minimum atomic E-state index is 0.0232. The molecule has 2 N–H and O–H groups in total. The fourth-order valence-corrected chi connectivity index (χ4v) is 2.51. The molecule has 94 valence electrons. The summed E-state index contributed by atoms with van der Waals surface area (Å²) in [6.07, 6.45) is 3.52. The van der Waals surface area contributed by atoms with E-state index >= 15 is 0 Å². The van der Waals surface area contributed by atoms with Gasteiger partial charge in [0, 0.05) is 24.5 Å². The van der Waals surface area contributed by atoms with Gasteiger partial charge in [0.2, 0.25) is 0 Å². The van der Waals surface area contributed by atoms with E-state index in [1.54, 1.807) is 6.26 Å². The number of likely N-dealkylation sites (tertiary alicyclic amines) is 1. The van der Waals surface area contributed by atoms with E-state index in [1.165, 1.54) is 0 Å². The molecule has 0 radical (unpaired) electrons. The molecule has 18 heavy (non-hydrogen) atoms. The predicted octanol–water partition coefficient (Wildman–Crippen LogP) is 2.00. The van der Waals surface area contributed by atoms with Crippen molar-refractivity contribution >= 4 is 16.9 Å².